The van der Waals surface area contributed by atoms with Crippen molar-refractivity contribution in [1.29, 1.82) is 0 Å². The van der Waals surface area contributed by atoms with Gasteiger partial charge >= 0.3 is 5.97 Å². The van der Waals surface area contributed by atoms with Crippen molar-refractivity contribution in [2.75, 3.05) is 6.54 Å². The first-order valence-electron chi connectivity index (χ1n) is 4.35. The minimum absolute atomic E-state index is 0.0469. The van der Waals surface area contributed by atoms with E-state index < -0.39 is 23.5 Å². The zero-order valence-corrected chi connectivity index (χ0v) is 8.13. The third kappa shape index (κ3) is 2.30. The van der Waals surface area contributed by atoms with Crippen LogP contribution in [0, 0.1) is 18.6 Å². The second-order valence-corrected chi connectivity index (χ2v) is 3.24. The van der Waals surface area contributed by atoms with Crippen LogP contribution in [0.3, 0.4) is 0 Å². The molecule has 1 aromatic carbocycles. The molecule has 0 amide bonds. The van der Waals surface area contributed by atoms with Crippen LogP contribution in [0.25, 0.3) is 0 Å². The quantitative estimate of drug-likeness (QED) is 0.801. The van der Waals surface area contributed by atoms with Gasteiger partial charge in [-0.1, -0.05) is 0 Å². The van der Waals surface area contributed by atoms with Crippen molar-refractivity contribution in [2.45, 2.75) is 12.8 Å². The second-order valence-electron chi connectivity index (χ2n) is 3.24. The van der Waals surface area contributed by atoms with Gasteiger partial charge in [0.05, 0.1) is 5.92 Å². The molecule has 0 fully saturated rings. The van der Waals surface area contributed by atoms with E-state index in [0.717, 1.165) is 12.1 Å². The van der Waals surface area contributed by atoms with Crippen molar-refractivity contribution in [3.05, 3.63) is 34.9 Å². The maximum atomic E-state index is 13.1. The summed E-state index contributed by atoms with van der Waals surface area (Å²) in [7, 11) is 0. The molecule has 0 heterocycles. The van der Waals surface area contributed by atoms with Crippen LogP contribution in [0.1, 0.15) is 17.0 Å². The third-order valence-corrected chi connectivity index (χ3v) is 2.24. The van der Waals surface area contributed by atoms with Crippen LogP contribution >= 0.6 is 0 Å². The van der Waals surface area contributed by atoms with Gasteiger partial charge in [0, 0.05) is 12.1 Å². The van der Waals surface area contributed by atoms with Crippen LogP contribution in [0.4, 0.5) is 8.78 Å². The van der Waals surface area contributed by atoms with Crippen molar-refractivity contribution in [3.8, 4) is 0 Å². The van der Waals surface area contributed by atoms with E-state index in [-0.39, 0.29) is 17.7 Å². The Balaban J connectivity index is 3.20. The molecular weight excluding hydrogens is 204 g/mol. The Morgan fingerprint density at radius 2 is 1.93 bits per heavy atom. The molecule has 0 radical (unpaired) electrons. The van der Waals surface area contributed by atoms with E-state index in [2.05, 4.69) is 0 Å². The Morgan fingerprint density at radius 1 is 1.47 bits per heavy atom. The van der Waals surface area contributed by atoms with Gasteiger partial charge in [-0.2, -0.15) is 0 Å². The highest BCUT2D eigenvalue weighted by atomic mass is 19.1. The first-order chi connectivity index (χ1) is 6.97. The summed E-state index contributed by atoms with van der Waals surface area (Å²) in [6, 6.07) is 2.01. The van der Waals surface area contributed by atoms with Gasteiger partial charge in [0.25, 0.3) is 0 Å². The van der Waals surface area contributed by atoms with Gasteiger partial charge in [-0.25, -0.2) is 8.78 Å². The van der Waals surface area contributed by atoms with Crippen molar-refractivity contribution < 1.29 is 18.7 Å². The molecule has 0 aliphatic heterocycles. The number of halogens is 2. The summed E-state index contributed by atoms with van der Waals surface area (Å²) in [6.07, 6.45) is 0. The molecule has 1 atom stereocenters. The molecule has 15 heavy (non-hydrogen) atoms. The highest BCUT2D eigenvalue weighted by molar-refractivity contribution is 5.76. The molecule has 3 nitrogen and oxygen atoms in total. The van der Waals surface area contributed by atoms with E-state index >= 15 is 0 Å². The summed E-state index contributed by atoms with van der Waals surface area (Å²) >= 11 is 0. The predicted octanol–water partition coefficient (Wildman–Crippen LogP) is 1.40. The van der Waals surface area contributed by atoms with Crippen molar-refractivity contribution >= 4 is 5.97 Å². The minimum Gasteiger partial charge on any atom is -0.481 e. The minimum atomic E-state index is -1.19. The SMILES string of the molecule is Cc1c(F)cc(C(CN)C(=O)O)cc1F. The monoisotopic (exact) mass is 215 g/mol. The number of rotatable bonds is 3. The molecule has 1 rings (SSSR count). The molecular formula is C10H11F2NO2. The summed E-state index contributed by atoms with van der Waals surface area (Å²) in [5.41, 5.74) is 5.14. The van der Waals surface area contributed by atoms with Crippen molar-refractivity contribution in [3.63, 3.8) is 0 Å². The number of carboxylic acid groups (broad SMARTS) is 1. The number of aliphatic carboxylic acids is 1. The first kappa shape index (κ1) is 11.6. The Hall–Kier alpha value is -1.49. The fourth-order valence-corrected chi connectivity index (χ4v) is 1.25. The Bertz CT molecular complexity index is 370. The summed E-state index contributed by atoms with van der Waals surface area (Å²) in [5, 5.41) is 8.75. The van der Waals surface area contributed by atoms with Crippen molar-refractivity contribution in [1.82, 2.24) is 0 Å². The van der Waals surface area contributed by atoms with E-state index in [1.54, 1.807) is 0 Å². The van der Waals surface area contributed by atoms with Crippen LogP contribution in [-0.2, 0) is 4.79 Å². The van der Waals surface area contributed by atoms with E-state index in [4.69, 9.17) is 10.8 Å². The number of benzene rings is 1. The van der Waals surface area contributed by atoms with Crippen LogP contribution in [-0.4, -0.2) is 17.6 Å². The number of hydrogen-bond donors (Lipinski definition) is 2. The molecule has 0 spiro atoms. The van der Waals surface area contributed by atoms with E-state index in [9.17, 15) is 13.6 Å². The topological polar surface area (TPSA) is 63.3 Å². The lowest BCUT2D eigenvalue weighted by molar-refractivity contribution is -0.138. The average Bonchev–Trinajstić information content (AvgIpc) is 2.14. The largest absolute Gasteiger partial charge is 0.481 e. The molecule has 0 aromatic heterocycles. The third-order valence-electron chi connectivity index (χ3n) is 2.24. The van der Waals surface area contributed by atoms with E-state index in [0.29, 0.717) is 0 Å². The standard InChI is InChI=1S/C10H11F2NO2/c1-5-8(11)2-6(3-9(5)12)7(4-13)10(14)15/h2-3,7H,4,13H2,1H3,(H,14,15). The van der Waals surface area contributed by atoms with E-state index in [1.165, 1.54) is 6.92 Å². The van der Waals surface area contributed by atoms with Gasteiger partial charge in [-0.15, -0.1) is 0 Å². The summed E-state index contributed by atoms with van der Waals surface area (Å²) in [5.74, 6) is -3.79. The molecule has 0 bridgehead atoms. The normalized spacial score (nSPS) is 12.5. The molecule has 1 aromatic rings. The van der Waals surface area contributed by atoms with Gasteiger partial charge in [0.15, 0.2) is 0 Å². The Morgan fingerprint density at radius 3 is 2.27 bits per heavy atom. The second kappa shape index (κ2) is 4.35. The predicted molar refractivity (Wildman–Crippen MR) is 50.5 cm³/mol. The molecule has 0 aliphatic rings. The molecule has 3 N–H and O–H groups in total. The smallest absolute Gasteiger partial charge is 0.312 e. The van der Waals surface area contributed by atoms with Crippen LogP contribution in [0.5, 0.6) is 0 Å². The number of carboxylic acids is 1. The van der Waals surface area contributed by atoms with Crippen LogP contribution in [0.2, 0.25) is 0 Å². The fourth-order valence-electron chi connectivity index (χ4n) is 1.25. The van der Waals surface area contributed by atoms with Crippen LogP contribution < -0.4 is 5.73 Å². The van der Waals surface area contributed by atoms with Gasteiger partial charge in [0.2, 0.25) is 0 Å². The number of nitrogens with two attached hydrogens (primary N) is 1. The first-order valence-corrected chi connectivity index (χ1v) is 4.35. The van der Waals surface area contributed by atoms with Gasteiger partial charge in [0.1, 0.15) is 11.6 Å². The van der Waals surface area contributed by atoms with E-state index in [1.807, 2.05) is 0 Å². The zero-order valence-electron chi connectivity index (χ0n) is 8.13. The van der Waals surface area contributed by atoms with Crippen LogP contribution in [0.15, 0.2) is 12.1 Å². The van der Waals surface area contributed by atoms with Gasteiger partial charge in [-0.05, 0) is 24.6 Å². The molecule has 82 valence electrons. The average molecular weight is 215 g/mol. The molecule has 0 saturated carbocycles. The Labute approximate surface area is 85.5 Å². The fraction of sp³-hybridized carbons (Fsp3) is 0.300. The zero-order chi connectivity index (χ0) is 11.6. The van der Waals surface area contributed by atoms with Crippen molar-refractivity contribution in [2.24, 2.45) is 5.73 Å². The lowest BCUT2D eigenvalue weighted by Crippen LogP contribution is -2.21. The number of hydrogen-bond acceptors (Lipinski definition) is 2. The summed E-state index contributed by atoms with van der Waals surface area (Å²) in [4.78, 5) is 10.7. The number of carbonyl (C=O) groups is 1. The molecule has 0 saturated heterocycles. The maximum absolute atomic E-state index is 13.1. The maximum Gasteiger partial charge on any atom is 0.312 e. The highest BCUT2D eigenvalue weighted by Gasteiger charge is 2.20. The lowest BCUT2D eigenvalue weighted by Gasteiger charge is -2.11. The highest BCUT2D eigenvalue weighted by Crippen LogP contribution is 2.20. The molecule has 5 heteroatoms. The summed E-state index contributed by atoms with van der Waals surface area (Å²) in [6.45, 7) is 1.09. The summed E-state index contributed by atoms with van der Waals surface area (Å²) < 4.78 is 26.3. The van der Waals surface area contributed by atoms with Gasteiger partial charge < -0.3 is 10.8 Å². The molecule has 1 unspecified atom stereocenters. The Kier molecular flexibility index (Phi) is 3.36. The molecule has 0 aliphatic carbocycles. The lowest BCUT2D eigenvalue weighted by atomic mass is 9.98. The van der Waals surface area contributed by atoms with Gasteiger partial charge in [-0.3, -0.25) is 4.79 Å².